The molecule has 2 aromatic heterocycles. The molecule has 2 amide bonds. The van der Waals surface area contributed by atoms with Crippen LogP contribution in [-0.2, 0) is 11.3 Å². The molecular formula is C24H22N4O2S. The fourth-order valence-corrected chi connectivity index (χ4v) is 4.15. The lowest BCUT2D eigenvalue weighted by molar-refractivity contribution is -0.111. The summed E-state index contributed by atoms with van der Waals surface area (Å²) in [5.41, 5.74) is 3.60. The molecular weight excluding hydrogens is 408 g/mol. The summed E-state index contributed by atoms with van der Waals surface area (Å²) in [5.74, 6) is -0.560. The van der Waals surface area contributed by atoms with Gasteiger partial charge in [-0.1, -0.05) is 42.5 Å². The average molecular weight is 431 g/mol. The van der Waals surface area contributed by atoms with E-state index in [-0.39, 0.29) is 11.8 Å². The maximum Gasteiger partial charge on any atom is 0.253 e. The first kappa shape index (κ1) is 20.6. The third-order valence-electron chi connectivity index (χ3n) is 4.78. The van der Waals surface area contributed by atoms with Gasteiger partial charge in [0.1, 0.15) is 0 Å². The third kappa shape index (κ3) is 4.73. The Balaban J connectivity index is 1.46. The zero-order chi connectivity index (χ0) is 21.8. The fraction of sp³-hybridized carbons (Fsp3) is 0.125. The summed E-state index contributed by atoms with van der Waals surface area (Å²) in [7, 11) is 0. The Kier molecular flexibility index (Phi) is 5.95. The standard InChI is InChI=1S/C24H22N4O2S/c1-16-15-28-21(17(2)26-24(28)31-16)12-13-22(29)27-20-11-7-6-10-19(20)23(30)25-14-18-8-4-3-5-9-18/h3-13,15H,14H2,1-2H3,(H,25,30)(H,27,29)/b13-12+. The number of carbonyl (C=O) groups is 2. The Morgan fingerprint density at radius 1 is 1.06 bits per heavy atom. The highest BCUT2D eigenvalue weighted by molar-refractivity contribution is 7.17. The molecule has 0 fully saturated rings. The Morgan fingerprint density at radius 3 is 2.61 bits per heavy atom. The van der Waals surface area contributed by atoms with Crippen LogP contribution in [0.5, 0.6) is 0 Å². The zero-order valence-electron chi connectivity index (χ0n) is 17.3. The molecule has 0 aliphatic carbocycles. The van der Waals surface area contributed by atoms with Crippen LogP contribution in [-0.4, -0.2) is 21.2 Å². The third-order valence-corrected chi connectivity index (χ3v) is 5.68. The van der Waals surface area contributed by atoms with Crippen LogP contribution in [0.15, 0.2) is 66.9 Å². The summed E-state index contributed by atoms with van der Waals surface area (Å²) >= 11 is 1.61. The second-order valence-electron chi connectivity index (χ2n) is 7.11. The van der Waals surface area contributed by atoms with Crippen molar-refractivity contribution in [3.05, 3.63) is 94.3 Å². The molecule has 0 bridgehead atoms. The largest absolute Gasteiger partial charge is 0.348 e. The summed E-state index contributed by atoms with van der Waals surface area (Å²) in [6, 6.07) is 16.6. The smallest absolute Gasteiger partial charge is 0.253 e. The van der Waals surface area contributed by atoms with Gasteiger partial charge >= 0.3 is 0 Å². The highest BCUT2D eigenvalue weighted by Crippen LogP contribution is 2.22. The van der Waals surface area contributed by atoms with Gasteiger partial charge in [-0.05, 0) is 37.6 Å². The predicted octanol–water partition coefficient (Wildman–Crippen LogP) is 4.59. The van der Waals surface area contributed by atoms with E-state index in [1.165, 1.54) is 6.08 Å². The molecule has 0 saturated heterocycles. The number of carbonyl (C=O) groups excluding carboxylic acids is 2. The van der Waals surface area contributed by atoms with E-state index in [1.54, 1.807) is 41.7 Å². The number of hydrogen-bond donors (Lipinski definition) is 2. The topological polar surface area (TPSA) is 75.5 Å². The minimum Gasteiger partial charge on any atom is -0.348 e. The van der Waals surface area contributed by atoms with Crippen molar-refractivity contribution in [2.24, 2.45) is 0 Å². The number of nitrogens with one attached hydrogen (secondary N) is 2. The molecule has 2 aromatic carbocycles. The molecule has 0 spiro atoms. The lowest BCUT2D eigenvalue weighted by Gasteiger charge is -2.10. The number of fused-ring (bicyclic) bond motifs is 1. The van der Waals surface area contributed by atoms with Gasteiger partial charge in [-0.15, -0.1) is 11.3 Å². The molecule has 0 aliphatic rings. The number of thiazole rings is 1. The fourth-order valence-electron chi connectivity index (χ4n) is 3.27. The minimum absolute atomic E-state index is 0.245. The summed E-state index contributed by atoms with van der Waals surface area (Å²) < 4.78 is 1.98. The summed E-state index contributed by atoms with van der Waals surface area (Å²) in [6.07, 6.45) is 5.21. The number of aryl methyl sites for hydroxylation is 2. The van der Waals surface area contributed by atoms with Crippen molar-refractivity contribution < 1.29 is 9.59 Å². The Bertz CT molecular complexity index is 1270. The number of imidazole rings is 1. The summed E-state index contributed by atoms with van der Waals surface area (Å²) in [6.45, 7) is 4.35. The van der Waals surface area contributed by atoms with Gasteiger partial charge in [0.15, 0.2) is 4.96 Å². The van der Waals surface area contributed by atoms with E-state index in [1.807, 2.05) is 54.8 Å². The van der Waals surface area contributed by atoms with E-state index in [9.17, 15) is 9.59 Å². The molecule has 6 nitrogen and oxygen atoms in total. The number of anilines is 1. The molecule has 0 unspecified atom stereocenters. The molecule has 0 radical (unpaired) electrons. The first-order chi connectivity index (χ1) is 15.0. The van der Waals surface area contributed by atoms with Crippen LogP contribution in [0.1, 0.15) is 32.2 Å². The number of para-hydroxylation sites is 1. The van der Waals surface area contributed by atoms with Gasteiger partial charge < -0.3 is 10.6 Å². The SMILES string of the molecule is Cc1cn2c(/C=C/C(=O)Nc3ccccc3C(=O)NCc3ccccc3)c(C)nc2s1. The van der Waals surface area contributed by atoms with E-state index >= 15 is 0 Å². The van der Waals surface area contributed by atoms with Crippen molar-refractivity contribution in [2.45, 2.75) is 20.4 Å². The zero-order valence-corrected chi connectivity index (χ0v) is 18.1. The highest BCUT2D eigenvalue weighted by Gasteiger charge is 2.13. The first-order valence-corrected chi connectivity index (χ1v) is 10.7. The lowest BCUT2D eigenvalue weighted by Crippen LogP contribution is -2.24. The van der Waals surface area contributed by atoms with Crippen molar-refractivity contribution in [2.75, 3.05) is 5.32 Å². The molecule has 0 aliphatic heterocycles. The van der Waals surface area contributed by atoms with Crippen molar-refractivity contribution in [3.8, 4) is 0 Å². The molecule has 2 N–H and O–H groups in total. The van der Waals surface area contributed by atoms with Crippen LogP contribution in [0.2, 0.25) is 0 Å². The number of amides is 2. The van der Waals surface area contributed by atoms with Crippen molar-refractivity contribution >= 4 is 39.9 Å². The minimum atomic E-state index is -0.315. The van der Waals surface area contributed by atoms with Gasteiger partial charge in [-0.2, -0.15) is 0 Å². The lowest BCUT2D eigenvalue weighted by atomic mass is 10.1. The van der Waals surface area contributed by atoms with E-state index < -0.39 is 0 Å². The number of aromatic nitrogens is 2. The van der Waals surface area contributed by atoms with Crippen molar-refractivity contribution in [1.82, 2.24) is 14.7 Å². The quantitative estimate of drug-likeness (QED) is 0.439. The maximum atomic E-state index is 12.7. The molecule has 7 heteroatoms. The maximum absolute atomic E-state index is 12.7. The van der Waals surface area contributed by atoms with Gasteiger partial charge in [0, 0.05) is 23.7 Å². The van der Waals surface area contributed by atoms with Crippen molar-refractivity contribution in [1.29, 1.82) is 0 Å². The van der Waals surface area contributed by atoms with Gasteiger partial charge in [0.05, 0.1) is 22.6 Å². The second kappa shape index (κ2) is 8.97. The Hall–Kier alpha value is -3.71. The van der Waals surface area contributed by atoms with Gasteiger partial charge in [0.2, 0.25) is 5.91 Å². The number of rotatable bonds is 6. The van der Waals surface area contributed by atoms with E-state index in [2.05, 4.69) is 15.6 Å². The number of hydrogen-bond acceptors (Lipinski definition) is 4. The summed E-state index contributed by atoms with van der Waals surface area (Å²) in [4.78, 5) is 31.8. The second-order valence-corrected chi connectivity index (χ2v) is 8.33. The van der Waals surface area contributed by atoms with Gasteiger partial charge in [-0.3, -0.25) is 14.0 Å². The van der Waals surface area contributed by atoms with Crippen LogP contribution in [0.3, 0.4) is 0 Å². The van der Waals surface area contributed by atoms with E-state index in [4.69, 9.17) is 0 Å². The summed E-state index contributed by atoms with van der Waals surface area (Å²) in [5, 5.41) is 5.71. The van der Waals surface area contributed by atoms with Crippen molar-refractivity contribution in [3.63, 3.8) is 0 Å². The van der Waals surface area contributed by atoms with Crippen LogP contribution in [0, 0.1) is 13.8 Å². The molecule has 2 heterocycles. The predicted molar refractivity (Wildman–Crippen MR) is 124 cm³/mol. The van der Waals surface area contributed by atoms with Gasteiger partial charge in [-0.25, -0.2) is 4.98 Å². The molecule has 156 valence electrons. The van der Waals surface area contributed by atoms with E-state index in [0.717, 1.165) is 26.8 Å². The number of benzene rings is 2. The molecule has 4 aromatic rings. The normalized spacial score (nSPS) is 11.2. The molecule has 0 atom stereocenters. The Labute approximate surface area is 184 Å². The highest BCUT2D eigenvalue weighted by atomic mass is 32.1. The van der Waals surface area contributed by atoms with Crippen LogP contribution < -0.4 is 10.6 Å². The Morgan fingerprint density at radius 2 is 1.81 bits per heavy atom. The monoisotopic (exact) mass is 430 g/mol. The number of nitrogens with zero attached hydrogens (tertiary/aromatic N) is 2. The van der Waals surface area contributed by atoms with Crippen LogP contribution in [0.4, 0.5) is 5.69 Å². The average Bonchev–Trinajstić information content (AvgIpc) is 3.26. The molecule has 4 rings (SSSR count). The van der Waals surface area contributed by atoms with Gasteiger partial charge in [0.25, 0.3) is 5.91 Å². The van der Waals surface area contributed by atoms with Crippen LogP contribution in [0.25, 0.3) is 11.0 Å². The van der Waals surface area contributed by atoms with Crippen LogP contribution >= 0.6 is 11.3 Å². The molecule has 31 heavy (non-hydrogen) atoms. The van der Waals surface area contributed by atoms with E-state index in [0.29, 0.717) is 17.8 Å². The first-order valence-electron chi connectivity index (χ1n) is 9.86. The molecule has 0 saturated carbocycles.